The highest BCUT2D eigenvalue weighted by Crippen LogP contribution is 2.31. The molecule has 1 aliphatic carbocycles. The minimum atomic E-state index is -0.0940. The molecule has 2 aromatic rings. The fourth-order valence-corrected chi connectivity index (χ4v) is 3.06. The van der Waals surface area contributed by atoms with Gasteiger partial charge in [-0.25, -0.2) is 0 Å². The molecule has 1 aliphatic rings. The minimum absolute atomic E-state index is 0.0543. The van der Waals surface area contributed by atoms with Gasteiger partial charge in [0.25, 0.3) is 5.91 Å². The number of nitrogens with one attached hydrogen (secondary N) is 1. The second-order valence-electron chi connectivity index (χ2n) is 6.54. The standard InChI is InChI=1S/C18H23ClN4O/c1-11-17(18(24)21-9-16(20)14-5-6-14)12(2)23(22-11)10-13-3-7-15(19)8-4-13/h3-4,7-8,14,16H,5-6,9-10,20H2,1-2H3,(H,21,24). The Bertz CT molecular complexity index is 734. The molecule has 0 radical (unpaired) electrons. The number of aryl methyl sites for hydroxylation is 1. The van der Waals surface area contributed by atoms with Crippen LogP contribution in [0.5, 0.6) is 0 Å². The van der Waals surface area contributed by atoms with E-state index in [-0.39, 0.29) is 11.9 Å². The molecule has 0 bridgehead atoms. The highest BCUT2D eigenvalue weighted by Gasteiger charge is 2.29. The molecule has 1 aromatic carbocycles. The second kappa shape index (κ2) is 6.95. The zero-order valence-corrected chi connectivity index (χ0v) is 14.8. The molecule has 0 aliphatic heterocycles. The second-order valence-corrected chi connectivity index (χ2v) is 6.98. The maximum atomic E-state index is 12.5. The van der Waals surface area contributed by atoms with Crippen LogP contribution in [0.25, 0.3) is 0 Å². The average molecular weight is 347 g/mol. The maximum Gasteiger partial charge on any atom is 0.255 e. The Hall–Kier alpha value is -1.85. The first kappa shape index (κ1) is 17.0. The first-order chi connectivity index (χ1) is 11.5. The number of nitrogens with two attached hydrogens (primary N) is 1. The van der Waals surface area contributed by atoms with Crippen LogP contribution in [0, 0.1) is 19.8 Å². The van der Waals surface area contributed by atoms with E-state index in [0.29, 0.717) is 29.6 Å². The Kier molecular flexibility index (Phi) is 4.92. The Morgan fingerprint density at radius 3 is 2.67 bits per heavy atom. The van der Waals surface area contributed by atoms with E-state index in [1.54, 1.807) is 0 Å². The summed E-state index contributed by atoms with van der Waals surface area (Å²) >= 11 is 5.92. The molecule has 24 heavy (non-hydrogen) atoms. The van der Waals surface area contributed by atoms with Crippen LogP contribution in [0.15, 0.2) is 24.3 Å². The third kappa shape index (κ3) is 3.79. The van der Waals surface area contributed by atoms with Crippen molar-refractivity contribution in [1.82, 2.24) is 15.1 Å². The van der Waals surface area contributed by atoms with Crippen LogP contribution in [0.3, 0.4) is 0 Å². The van der Waals surface area contributed by atoms with E-state index < -0.39 is 0 Å². The maximum absolute atomic E-state index is 12.5. The summed E-state index contributed by atoms with van der Waals surface area (Å²) in [6.45, 7) is 4.91. The first-order valence-corrected chi connectivity index (χ1v) is 8.65. The van der Waals surface area contributed by atoms with Crippen molar-refractivity contribution < 1.29 is 4.79 Å². The van der Waals surface area contributed by atoms with Gasteiger partial charge in [0, 0.05) is 23.3 Å². The summed E-state index contributed by atoms with van der Waals surface area (Å²) in [5.41, 5.74) is 9.39. The Labute approximate surface area is 147 Å². The highest BCUT2D eigenvalue weighted by molar-refractivity contribution is 6.30. The molecular formula is C18H23ClN4O. The van der Waals surface area contributed by atoms with E-state index in [9.17, 15) is 4.79 Å². The van der Waals surface area contributed by atoms with Crippen LogP contribution >= 0.6 is 11.6 Å². The summed E-state index contributed by atoms with van der Waals surface area (Å²) < 4.78 is 1.86. The molecular weight excluding hydrogens is 324 g/mol. The number of carbonyl (C=O) groups excluding carboxylic acids is 1. The molecule has 3 N–H and O–H groups in total. The molecule has 1 fully saturated rings. The summed E-state index contributed by atoms with van der Waals surface area (Å²) in [6, 6.07) is 7.70. The van der Waals surface area contributed by atoms with E-state index in [2.05, 4.69) is 10.4 Å². The van der Waals surface area contributed by atoms with Crippen LogP contribution in [0.1, 0.15) is 40.2 Å². The molecule has 0 saturated heterocycles. The van der Waals surface area contributed by atoms with Crippen LogP contribution in [-0.4, -0.2) is 28.3 Å². The number of hydrogen-bond acceptors (Lipinski definition) is 3. The van der Waals surface area contributed by atoms with Crippen LogP contribution < -0.4 is 11.1 Å². The van der Waals surface area contributed by atoms with Crippen molar-refractivity contribution in [1.29, 1.82) is 0 Å². The average Bonchev–Trinajstić information content (AvgIpc) is 3.35. The molecule has 1 atom stereocenters. The Morgan fingerprint density at radius 2 is 2.04 bits per heavy atom. The molecule has 1 heterocycles. The zero-order chi connectivity index (χ0) is 17.3. The molecule has 1 saturated carbocycles. The quantitative estimate of drug-likeness (QED) is 0.844. The van der Waals surface area contributed by atoms with Crippen LogP contribution in [0.2, 0.25) is 5.02 Å². The van der Waals surface area contributed by atoms with Gasteiger partial charge in [0.2, 0.25) is 0 Å². The van der Waals surface area contributed by atoms with Gasteiger partial charge in [-0.1, -0.05) is 23.7 Å². The van der Waals surface area contributed by atoms with E-state index in [1.807, 2.05) is 42.8 Å². The Balaban J connectivity index is 1.70. The topological polar surface area (TPSA) is 72.9 Å². The highest BCUT2D eigenvalue weighted by atomic mass is 35.5. The van der Waals surface area contributed by atoms with Gasteiger partial charge in [-0.3, -0.25) is 9.48 Å². The van der Waals surface area contributed by atoms with Gasteiger partial charge >= 0.3 is 0 Å². The monoisotopic (exact) mass is 346 g/mol. The van der Waals surface area contributed by atoms with Crippen molar-refractivity contribution in [2.24, 2.45) is 11.7 Å². The predicted molar refractivity (Wildman–Crippen MR) is 95.3 cm³/mol. The van der Waals surface area contributed by atoms with E-state index >= 15 is 0 Å². The van der Waals surface area contributed by atoms with E-state index in [0.717, 1.165) is 17.0 Å². The number of amides is 1. The van der Waals surface area contributed by atoms with Gasteiger partial charge in [0.05, 0.1) is 17.8 Å². The third-order valence-corrected chi connectivity index (χ3v) is 4.83. The normalized spacial score (nSPS) is 15.3. The van der Waals surface area contributed by atoms with Gasteiger partial charge in [-0.05, 0) is 50.3 Å². The van der Waals surface area contributed by atoms with Crippen LogP contribution in [-0.2, 0) is 6.54 Å². The Morgan fingerprint density at radius 1 is 1.38 bits per heavy atom. The first-order valence-electron chi connectivity index (χ1n) is 8.28. The minimum Gasteiger partial charge on any atom is -0.350 e. The zero-order valence-electron chi connectivity index (χ0n) is 14.1. The molecule has 5 nitrogen and oxygen atoms in total. The largest absolute Gasteiger partial charge is 0.350 e. The van der Waals surface area contributed by atoms with Gasteiger partial charge in [0.15, 0.2) is 0 Å². The summed E-state index contributed by atoms with van der Waals surface area (Å²) in [7, 11) is 0. The van der Waals surface area contributed by atoms with Crippen molar-refractivity contribution in [2.75, 3.05) is 6.54 Å². The van der Waals surface area contributed by atoms with Crippen molar-refractivity contribution in [3.8, 4) is 0 Å². The molecule has 6 heteroatoms. The van der Waals surface area contributed by atoms with E-state index in [1.165, 1.54) is 12.8 Å². The lowest BCUT2D eigenvalue weighted by Crippen LogP contribution is -2.38. The lowest BCUT2D eigenvalue weighted by atomic mass is 10.1. The number of aromatic nitrogens is 2. The fraction of sp³-hybridized carbons (Fsp3) is 0.444. The lowest BCUT2D eigenvalue weighted by Gasteiger charge is -2.12. The van der Waals surface area contributed by atoms with Crippen molar-refractivity contribution in [3.05, 3.63) is 51.8 Å². The summed E-state index contributed by atoms with van der Waals surface area (Å²) in [5, 5.41) is 8.17. The van der Waals surface area contributed by atoms with Gasteiger partial charge in [-0.2, -0.15) is 5.10 Å². The lowest BCUT2D eigenvalue weighted by molar-refractivity contribution is 0.0949. The molecule has 1 amide bonds. The van der Waals surface area contributed by atoms with Crippen molar-refractivity contribution in [3.63, 3.8) is 0 Å². The predicted octanol–water partition coefficient (Wildman–Crippen LogP) is 2.67. The number of nitrogens with zero attached hydrogens (tertiary/aromatic N) is 2. The van der Waals surface area contributed by atoms with Crippen LogP contribution in [0.4, 0.5) is 0 Å². The molecule has 1 aromatic heterocycles. The molecule has 1 unspecified atom stereocenters. The number of hydrogen-bond donors (Lipinski definition) is 2. The SMILES string of the molecule is Cc1nn(Cc2ccc(Cl)cc2)c(C)c1C(=O)NCC(N)C1CC1. The summed E-state index contributed by atoms with van der Waals surface area (Å²) in [5.74, 6) is 0.476. The number of halogens is 1. The third-order valence-electron chi connectivity index (χ3n) is 4.58. The number of carbonyl (C=O) groups is 1. The van der Waals surface area contributed by atoms with Crippen molar-refractivity contribution in [2.45, 2.75) is 39.3 Å². The van der Waals surface area contributed by atoms with Gasteiger partial charge in [-0.15, -0.1) is 0 Å². The fourth-order valence-electron chi connectivity index (χ4n) is 2.93. The number of benzene rings is 1. The number of rotatable bonds is 6. The molecule has 3 rings (SSSR count). The summed E-state index contributed by atoms with van der Waals surface area (Å²) in [4.78, 5) is 12.5. The van der Waals surface area contributed by atoms with E-state index in [4.69, 9.17) is 17.3 Å². The van der Waals surface area contributed by atoms with Gasteiger partial charge in [0.1, 0.15) is 0 Å². The van der Waals surface area contributed by atoms with Crippen molar-refractivity contribution >= 4 is 17.5 Å². The molecule has 0 spiro atoms. The smallest absolute Gasteiger partial charge is 0.255 e. The van der Waals surface area contributed by atoms with Gasteiger partial charge < -0.3 is 11.1 Å². The summed E-state index contributed by atoms with van der Waals surface area (Å²) in [6.07, 6.45) is 2.35. The molecule has 128 valence electrons.